The van der Waals surface area contributed by atoms with Crippen molar-refractivity contribution in [2.24, 2.45) is 45.3 Å². The van der Waals surface area contributed by atoms with Crippen LogP contribution in [-0.2, 0) is 23.7 Å². The number of aliphatic hydroxyl groups is 7. The first-order valence-electron chi connectivity index (χ1n) is 16.5. The van der Waals surface area contributed by atoms with Gasteiger partial charge in [0.2, 0.25) is 0 Å². The van der Waals surface area contributed by atoms with Gasteiger partial charge in [-0.1, -0.05) is 0 Å². The molecule has 2 unspecified atom stereocenters. The second-order valence-corrected chi connectivity index (χ2v) is 14.0. The number of hydrogen-bond donors (Lipinski definition) is 15. The highest BCUT2D eigenvalue weighted by atomic mass is 16.7. The fourth-order valence-electron chi connectivity index (χ4n) is 7.01. The van der Waals surface area contributed by atoms with Crippen LogP contribution in [0.4, 0.5) is 0 Å². The number of rotatable bonds is 12. The molecule has 2 saturated heterocycles. The summed E-state index contributed by atoms with van der Waals surface area (Å²) in [6, 6.07) is -5.51. The molecule has 0 spiro atoms. The summed E-state index contributed by atoms with van der Waals surface area (Å²) in [6.07, 6.45) is -14.1. The third kappa shape index (κ3) is 8.12. The van der Waals surface area contributed by atoms with Crippen LogP contribution < -0.4 is 45.0 Å². The van der Waals surface area contributed by atoms with Gasteiger partial charge in [0.1, 0.15) is 54.9 Å². The Hall–Kier alpha value is -1.90. The van der Waals surface area contributed by atoms with Gasteiger partial charge in [-0.3, -0.25) is 4.79 Å². The number of guanidine groups is 1. The number of nitrogens with two attached hydrogens (primary N) is 6. The second kappa shape index (κ2) is 15.4. The number of hydrogen-bond acceptors (Lipinski definition) is 18. The molecule has 1 amide bonds. The maximum Gasteiger partial charge on any atom is 0.254 e. The molecule has 17 atom stereocenters. The topological polar surface area (TPSA) is 388 Å². The Bertz CT molecular complexity index is 1170. The van der Waals surface area contributed by atoms with E-state index in [4.69, 9.17) is 53.3 Å². The molecular formula is C28H53N9O12. The molecule has 0 aromatic carbocycles. The molecule has 2 aliphatic heterocycles. The van der Waals surface area contributed by atoms with Gasteiger partial charge in [-0.05, 0) is 31.7 Å². The van der Waals surface area contributed by atoms with Gasteiger partial charge in [0.05, 0.1) is 30.8 Å². The van der Waals surface area contributed by atoms with Crippen LogP contribution >= 0.6 is 0 Å². The van der Waals surface area contributed by atoms with Gasteiger partial charge in [0.15, 0.2) is 24.1 Å². The van der Waals surface area contributed by atoms with Crippen LogP contribution in [0.25, 0.3) is 0 Å². The summed E-state index contributed by atoms with van der Waals surface area (Å²) in [7, 11) is 0. The predicted molar refractivity (Wildman–Crippen MR) is 167 cm³/mol. The predicted octanol–water partition coefficient (Wildman–Crippen LogP) is -9.02. The van der Waals surface area contributed by atoms with Gasteiger partial charge in [-0.25, -0.2) is 4.99 Å². The van der Waals surface area contributed by atoms with Crippen molar-refractivity contribution in [3.8, 4) is 0 Å². The van der Waals surface area contributed by atoms with Gasteiger partial charge in [-0.2, -0.15) is 0 Å². The lowest BCUT2D eigenvalue weighted by atomic mass is 9.81. The Morgan fingerprint density at radius 3 is 2.10 bits per heavy atom. The first kappa shape index (κ1) is 38.3. The number of nitrogens with one attached hydrogen (secondary N) is 2. The summed E-state index contributed by atoms with van der Waals surface area (Å²) >= 11 is 0. The van der Waals surface area contributed by atoms with Crippen molar-refractivity contribution in [2.45, 2.75) is 135 Å². The number of carbonyl (C=O) groups is 1. The molecule has 21 nitrogen and oxygen atoms in total. The van der Waals surface area contributed by atoms with Crippen molar-refractivity contribution in [3.63, 3.8) is 0 Å². The van der Waals surface area contributed by atoms with Crippen LogP contribution in [0.5, 0.6) is 0 Å². The molecule has 3 saturated carbocycles. The molecule has 0 aromatic heterocycles. The molecular weight excluding hydrogens is 654 g/mol. The number of aliphatic imine (C=N–C) groups is 1. The third-order valence-corrected chi connectivity index (χ3v) is 10.2. The Morgan fingerprint density at radius 2 is 1.47 bits per heavy atom. The molecule has 49 heavy (non-hydrogen) atoms. The van der Waals surface area contributed by atoms with Crippen LogP contribution in [0, 0.1) is 5.92 Å². The first-order valence-corrected chi connectivity index (χ1v) is 16.5. The van der Waals surface area contributed by atoms with E-state index in [0.717, 1.165) is 12.8 Å². The van der Waals surface area contributed by atoms with Crippen molar-refractivity contribution < 1.29 is 59.5 Å². The van der Waals surface area contributed by atoms with Gasteiger partial charge >= 0.3 is 0 Å². The maximum atomic E-state index is 13.2. The molecule has 282 valence electrons. The summed E-state index contributed by atoms with van der Waals surface area (Å²) in [5.74, 6) is -0.836. The Labute approximate surface area is 282 Å². The van der Waals surface area contributed by atoms with Crippen LogP contribution in [0.2, 0.25) is 0 Å². The summed E-state index contributed by atoms with van der Waals surface area (Å²) in [6.45, 7) is 0.0927. The molecule has 21 N–H and O–H groups in total. The number of amides is 1. The normalized spacial score (nSPS) is 49.9. The molecule has 0 bridgehead atoms. The maximum absolute atomic E-state index is 13.2. The first-order chi connectivity index (χ1) is 23.0. The van der Waals surface area contributed by atoms with E-state index < -0.39 is 116 Å². The summed E-state index contributed by atoms with van der Waals surface area (Å²) < 4.78 is 23.6. The zero-order chi connectivity index (χ0) is 35.9. The lowest BCUT2D eigenvalue weighted by molar-refractivity contribution is -0.320. The number of carbonyl (C=O) groups excluding carboxylic acids is 1. The van der Waals surface area contributed by atoms with Gasteiger partial charge < -0.3 is 99.7 Å². The lowest BCUT2D eigenvalue weighted by Crippen LogP contribution is -2.70. The van der Waals surface area contributed by atoms with Crippen molar-refractivity contribution in [1.29, 1.82) is 0 Å². The quantitative estimate of drug-likeness (QED) is 0.0661. The average Bonchev–Trinajstić information content (AvgIpc) is 3.69. The molecule has 3 aliphatic carbocycles. The summed E-state index contributed by atoms with van der Waals surface area (Å²) in [5.41, 5.74) is 33.3. The van der Waals surface area contributed by atoms with Crippen LogP contribution in [0.15, 0.2) is 4.99 Å². The molecule has 2 heterocycles. The standard InChI is InChI=1S/C28H53N9O12/c29-9-1-8(2-9)5-35-6-12-18(40)19(41)16(32)24(46-12)48-22-10(30)3-11(36-26(44)28(45)4-14(28)37-27(33)34)23(21(22)43)49-25-20(42)15(31)17(39)13(7-38)47-25/h8-25,35,38-43,45H,1-7,29-32H2,(H,36,44)(H4,33,34,37)/t8?,9?,10-,11+,12+,13+,14?,15-,16+,17+,18+,19+,20+,21-,22+,23-,24+,25+,28?/m0/s1. The smallest absolute Gasteiger partial charge is 0.254 e. The Balaban J connectivity index is 1.32. The van der Waals surface area contributed by atoms with Gasteiger partial charge in [-0.15, -0.1) is 0 Å². The molecule has 5 fully saturated rings. The molecule has 21 heteroatoms. The molecule has 0 aromatic rings. The van der Waals surface area contributed by atoms with Gasteiger partial charge in [0.25, 0.3) is 5.91 Å². The monoisotopic (exact) mass is 707 g/mol. The number of ether oxygens (including phenoxy) is 4. The van der Waals surface area contributed by atoms with E-state index in [0.29, 0.717) is 12.5 Å². The van der Waals surface area contributed by atoms with Crippen molar-refractivity contribution >= 4 is 11.9 Å². The van der Waals surface area contributed by atoms with Crippen molar-refractivity contribution in [1.82, 2.24) is 10.6 Å². The fourth-order valence-corrected chi connectivity index (χ4v) is 7.01. The van der Waals surface area contributed by atoms with Crippen LogP contribution in [0.3, 0.4) is 0 Å². The number of nitrogens with zero attached hydrogens (tertiary/aromatic N) is 1. The van der Waals surface area contributed by atoms with E-state index in [-0.39, 0.29) is 31.4 Å². The SMILES string of the molecule is NC(N)=NC1CC1(O)C(=O)N[C@@H]1C[C@H](N)[C@@H](O[C@H]2O[C@H](CNCC3CC(N)C3)[C@@H](O)[C@H](O)[C@H]2N)[C@H](O)[C@H]1O[C@H]1O[C@H](CO)[C@@H](O)[C@H](N)[C@H]1O. The van der Waals surface area contributed by atoms with E-state index >= 15 is 0 Å². The minimum atomic E-state index is -1.96. The Kier molecular flexibility index (Phi) is 12.0. The minimum absolute atomic E-state index is 0.0833. The third-order valence-electron chi connectivity index (χ3n) is 10.2. The summed E-state index contributed by atoms with van der Waals surface area (Å²) in [4.78, 5) is 17.0. The lowest BCUT2D eigenvalue weighted by Gasteiger charge is -2.49. The van der Waals surface area contributed by atoms with Crippen molar-refractivity contribution in [2.75, 3.05) is 19.7 Å². The molecule has 0 radical (unpaired) electrons. The van der Waals surface area contributed by atoms with E-state index in [1.165, 1.54) is 0 Å². The van der Waals surface area contributed by atoms with Crippen LogP contribution in [0.1, 0.15) is 25.7 Å². The van der Waals surface area contributed by atoms with E-state index in [9.17, 15) is 40.5 Å². The fraction of sp³-hybridized carbons (Fsp3) is 0.929. The van der Waals surface area contributed by atoms with E-state index in [1.807, 2.05) is 0 Å². The second-order valence-electron chi connectivity index (χ2n) is 14.0. The minimum Gasteiger partial charge on any atom is -0.394 e. The van der Waals surface area contributed by atoms with Crippen LogP contribution in [-0.4, -0.2) is 177 Å². The molecule has 5 rings (SSSR count). The average molecular weight is 708 g/mol. The van der Waals surface area contributed by atoms with Crippen molar-refractivity contribution in [3.05, 3.63) is 0 Å². The Morgan fingerprint density at radius 1 is 0.816 bits per heavy atom. The van der Waals surface area contributed by atoms with E-state index in [1.54, 1.807) is 0 Å². The molecule has 5 aliphatic rings. The number of aliphatic hydroxyl groups excluding tert-OH is 6. The highest BCUT2D eigenvalue weighted by Gasteiger charge is 2.61. The largest absolute Gasteiger partial charge is 0.394 e. The summed E-state index contributed by atoms with van der Waals surface area (Å²) in [5, 5.41) is 80.5. The highest BCUT2D eigenvalue weighted by molar-refractivity contribution is 5.90. The van der Waals surface area contributed by atoms with E-state index in [2.05, 4.69) is 15.6 Å². The van der Waals surface area contributed by atoms with Gasteiger partial charge in [0, 0.05) is 25.0 Å². The highest BCUT2D eigenvalue weighted by Crippen LogP contribution is 2.40. The zero-order valence-corrected chi connectivity index (χ0v) is 26.9. The zero-order valence-electron chi connectivity index (χ0n) is 26.9.